The molecular formula is C40H28N2O. The van der Waals surface area contributed by atoms with E-state index in [0.29, 0.717) is 0 Å². The van der Waals surface area contributed by atoms with Crippen LogP contribution in [0.4, 0.5) is 34.1 Å². The van der Waals surface area contributed by atoms with E-state index < -0.39 is 0 Å². The molecule has 8 aromatic rings. The second-order valence-electron chi connectivity index (χ2n) is 10.6. The highest BCUT2D eigenvalue weighted by molar-refractivity contribution is 6.19. The number of fused-ring (bicyclic) bond motifs is 5. The van der Waals surface area contributed by atoms with E-state index in [1.54, 1.807) is 0 Å². The lowest BCUT2D eigenvalue weighted by molar-refractivity contribution is 0.672. The van der Waals surface area contributed by atoms with Crippen molar-refractivity contribution in [3.63, 3.8) is 0 Å². The van der Waals surface area contributed by atoms with Crippen molar-refractivity contribution in [1.82, 2.24) is 0 Å². The van der Waals surface area contributed by atoms with Crippen molar-refractivity contribution in [2.45, 2.75) is 0 Å². The molecule has 0 bridgehead atoms. The normalized spacial score (nSPS) is 11.3. The Morgan fingerprint density at radius 1 is 0.349 bits per heavy atom. The topological polar surface area (TPSA) is 19.6 Å². The molecule has 7 aromatic carbocycles. The minimum atomic E-state index is 0.876. The van der Waals surface area contributed by atoms with Gasteiger partial charge in [-0.15, -0.1) is 0 Å². The number of rotatable bonds is 6. The van der Waals surface area contributed by atoms with Gasteiger partial charge < -0.3 is 14.2 Å². The van der Waals surface area contributed by atoms with E-state index in [1.807, 2.05) is 0 Å². The zero-order chi connectivity index (χ0) is 28.6. The van der Waals surface area contributed by atoms with Gasteiger partial charge in [-0.2, -0.15) is 0 Å². The van der Waals surface area contributed by atoms with Crippen LogP contribution in [0.5, 0.6) is 0 Å². The van der Waals surface area contributed by atoms with E-state index in [1.165, 1.54) is 5.39 Å². The summed E-state index contributed by atoms with van der Waals surface area (Å²) in [7, 11) is 0. The van der Waals surface area contributed by atoms with Crippen LogP contribution in [0.15, 0.2) is 174 Å². The number of para-hydroxylation sites is 3. The lowest BCUT2D eigenvalue weighted by Crippen LogP contribution is -2.12. The number of hydrogen-bond acceptors (Lipinski definition) is 3. The Morgan fingerprint density at radius 2 is 0.860 bits per heavy atom. The van der Waals surface area contributed by atoms with Gasteiger partial charge in [0.15, 0.2) is 0 Å². The fourth-order valence-corrected chi connectivity index (χ4v) is 6.08. The summed E-state index contributed by atoms with van der Waals surface area (Å²) in [5.74, 6) is 0. The molecule has 0 N–H and O–H groups in total. The van der Waals surface area contributed by atoms with Crippen LogP contribution in [0.1, 0.15) is 0 Å². The molecule has 0 aliphatic rings. The van der Waals surface area contributed by atoms with Gasteiger partial charge in [-0.25, -0.2) is 0 Å². The molecule has 0 saturated heterocycles. The Hall–Kier alpha value is -5.80. The van der Waals surface area contributed by atoms with E-state index in [4.69, 9.17) is 4.42 Å². The molecule has 204 valence electrons. The van der Waals surface area contributed by atoms with Crippen molar-refractivity contribution < 1.29 is 4.42 Å². The molecule has 0 amide bonds. The van der Waals surface area contributed by atoms with E-state index in [9.17, 15) is 0 Å². The third-order valence-corrected chi connectivity index (χ3v) is 8.02. The first kappa shape index (κ1) is 25.0. The van der Waals surface area contributed by atoms with Crippen LogP contribution in [-0.4, -0.2) is 0 Å². The number of furan rings is 1. The number of nitrogens with zero attached hydrogens (tertiary/aromatic N) is 2. The summed E-state index contributed by atoms with van der Waals surface area (Å²) in [5.41, 5.74) is 8.35. The SMILES string of the molecule is c1ccc(N(c2ccccc2)c2ccc(N(c3ccccc3)c3cccc4oc5c6ccccc6ccc5c34)cc2)cc1. The maximum Gasteiger partial charge on any atom is 0.143 e. The molecule has 0 unspecified atom stereocenters. The quantitative estimate of drug-likeness (QED) is 0.205. The number of anilines is 6. The van der Waals surface area contributed by atoms with E-state index >= 15 is 0 Å². The Morgan fingerprint density at radius 3 is 1.49 bits per heavy atom. The van der Waals surface area contributed by atoms with Crippen LogP contribution in [0, 0.1) is 0 Å². The maximum absolute atomic E-state index is 6.54. The molecule has 3 heteroatoms. The maximum atomic E-state index is 6.54. The summed E-state index contributed by atoms with van der Waals surface area (Å²) in [6.45, 7) is 0. The third-order valence-electron chi connectivity index (χ3n) is 8.02. The molecule has 1 aromatic heterocycles. The number of hydrogen-bond donors (Lipinski definition) is 0. The summed E-state index contributed by atoms with van der Waals surface area (Å²) in [6.07, 6.45) is 0. The van der Waals surface area contributed by atoms with Gasteiger partial charge in [0, 0.05) is 39.2 Å². The Kier molecular flexibility index (Phi) is 6.12. The fraction of sp³-hybridized carbons (Fsp3) is 0. The lowest BCUT2D eigenvalue weighted by atomic mass is 10.0. The van der Waals surface area contributed by atoms with Crippen molar-refractivity contribution in [3.05, 3.63) is 170 Å². The standard InChI is InChI=1S/C40H28N2O/c1-4-14-30(15-5-1)41(31-16-6-2-7-17-31)33-24-26-34(27-25-33)42(32-18-8-3-9-19-32)37-21-12-22-38-39(37)36-28-23-29-13-10-11-20-35(29)40(36)43-38/h1-28H. The van der Waals surface area contributed by atoms with Crippen LogP contribution in [-0.2, 0) is 0 Å². The van der Waals surface area contributed by atoms with Gasteiger partial charge >= 0.3 is 0 Å². The fourth-order valence-electron chi connectivity index (χ4n) is 6.08. The van der Waals surface area contributed by atoms with E-state index in [2.05, 4.69) is 180 Å². The molecule has 0 spiro atoms. The summed E-state index contributed by atoms with van der Waals surface area (Å²) < 4.78 is 6.54. The zero-order valence-corrected chi connectivity index (χ0v) is 23.5. The van der Waals surface area contributed by atoms with Gasteiger partial charge in [0.25, 0.3) is 0 Å². The molecule has 0 aliphatic carbocycles. The number of benzene rings is 7. The zero-order valence-electron chi connectivity index (χ0n) is 23.5. The van der Waals surface area contributed by atoms with Gasteiger partial charge in [0.2, 0.25) is 0 Å². The van der Waals surface area contributed by atoms with Crippen LogP contribution in [0.3, 0.4) is 0 Å². The molecule has 0 radical (unpaired) electrons. The first-order valence-electron chi connectivity index (χ1n) is 14.5. The molecular weight excluding hydrogens is 524 g/mol. The second kappa shape index (κ2) is 10.6. The predicted molar refractivity (Wildman–Crippen MR) is 181 cm³/mol. The minimum absolute atomic E-state index is 0.876. The highest BCUT2D eigenvalue weighted by atomic mass is 16.3. The Balaban J connectivity index is 1.30. The molecule has 43 heavy (non-hydrogen) atoms. The van der Waals surface area contributed by atoms with Crippen molar-refractivity contribution in [2.75, 3.05) is 9.80 Å². The van der Waals surface area contributed by atoms with Crippen molar-refractivity contribution in [1.29, 1.82) is 0 Å². The summed E-state index contributed by atoms with van der Waals surface area (Å²) >= 11 is 0. The predicted octanol–water partition coefficient (Wildman–Crippen LogP) is 11.7. The first-order chi connectivity index (χ1) is 21.3. The highest BCUT2D eigenvalue weighted by Crippen LogP contribution is 2.45. The van der Waals surface area contributed by atoms with Gasteiger partial charge in [0.1, 0.15) is 11.2 Å². The molecule has 1 heterocycles. The molecule has 0 saturated carbocycles. The molecule has 3 nitrogen and oxygen atoms in total. The highest BCUT2D eigenvalue weighted by Gasteiger charge is 2.21. The van der Waals surface area contributed by atoms with E-state index in [0.717, 1.165) is 61.4 Å². The van der Waals surface area contributed by atoms with Gasteiger partial charge in [-0.1, -0.05) is 91.0 Å². The van der Waals surface area contributed by atoms with Gasteiger partial charge in [-0.3, -0.25) is 0 Å². The summed E-state index contributed by atoms with van der Waals surface area (Å²) in [6, 6.07) is 59.5. The van der Waals surface area contributed by atoms with Crippen LogP contribution in [0.25, 0.3) is 32.7 Å². The third kappa shape index (κ3) is 4.39. The Labute approximate surface area is 250 Å². The molecule has 8 rings (SSSR count). The van der Waals surface area contributed by atoms with Crippen LogP contribution in [0.2, 0.25) is 0 Å². The van der Waals surface area contributed by atoms with E-state index in [-0.39, 0.29) is 0 Å². The minimum Gasteiger partial charge on any atom is -0.455 e. The average Bonchev–Trinajstić information content (AvgIpc) is 3.47. The largest absolute Gasteiger partial charge is 0.455 e. The summed E-state index contributed by atoms with van der Waals surface area (Å²) in [4.78, 5) is 4.61. The van der Waals surface area contributed by atoms with Crippen LogP contribution >= 0.6 is 0 Å². The first-order valence-corrected chi connectivity index (χ1v) is 14.5. The van der Waals surface area contributed by atoms with Crippen LogP contribution < -0.4 is 9.80 Å². The molecule has 0 fully saturated rings. The average molecular weight is 553 g/mol. The second-order valence-corrected chi connectivity index (χ2v) is 10.6. The Bertz CT molecular complexity index is 2130. The monoisotopic (exact) mass is 552 g/mol. The van der Waals surface area contributed by atoms with Crippen molar-refractivity contribution >= 4 is 66.8 Å². The van der Waals surface area contributed by atoms with Gasteiger partial charge in [0.05, 0.1) is 11.1 Å². The van der Waals surface area contributed by atoms with Crippen molar-refractivity contribution in [3.8, 4) is 0 Å². The van der Waals surface area contributed by atoms with Gasteiger partial charge in [-0.05, 0) is 84.2 Å². The summed E-state index contributed by atoms with van der Waals surface area (Å²) in [5, 5.41) is 4.51. The smallest absolute Gasteiger partial charge is 0.143 e. The molecule has 0 atom stereocenters. The van der Waals surface area contributed by atoms with Crippen molar-refractivity contribution in [2.24, 2.45) is 0 Å². The lowest BCUT2D eigenvalue weighted by Gasteiger charge is -2.28. The molecule has 0 aliphatic heterocycles.